The number of hydrogen-bond acceptors (Lipinski definition) is 2. The summed E-state index contributed by atoms with van der Waals surface area (Å²) in [5, 5.41) is 0.349. The summed E-state index contributed by atoms with van der Waals surface area (Å²) in [7, 11) is 0. The largest absolute Gasteiger partial charge is 0.297 e. The summed E-state index contributed by atoms with van der Waals surface area (Å²) in [6.45, 7) is 7.40. The average Bonchev–Trinajstić information content (AvgIpc) is 2.24. The predicted molar refractivity (Wildman–Crippen MR) is 67.7 cm³/mol. The lowest BCUT2D eigenvalue weighted by atomic mass is 9.99. The van der Waals surface area contributed by atoms with Crippen LogP contribution in [0.25, 0.3) is 0 Å². The zero-order valence-electron chi connectivity index (χ0n) is 9.99. The van der Waals surface area contributed by atoms with Crippen LogP contribution in [0.2, 0.25) is 0 Å². The number of rotatable bonds is 2. The van der Waals surface area contributed by atoms with Crippen LogP contribution in [0.15, 0.2) is 18.2 Å². The normalized spacial score (nSPS) is 26.9. The maximum atomic E-state index is 6.22. The van der Waals surface area contributed by atoms with Crippen LogP contribution < -0.4 is 0 Å². The molecule has 1 aromatic heterocycles. The molecule has 0 amide bonds. The second kappa shape index (κ2) is 5.15. The van der Waals surface area contributed by atoms with E-state index in [2.05, 4.69) is 28.9 Å². The second-order valence-electron chi connectivity index (χ2n) is 4.79. The van der Waals surface area contributed by atoms with Crippen molar-refractivity contribution in [2.45, 2.75) is 32.2 Å². The lowest BCUT2D eigenvalue weighted by molar-refractivity contribution is 0.178. The van der Waals surface area contributed by atoms with Gasteiger partial charge in [-0.05, 0) is 37.9 Å². The first kappa shape index (κ1) is 11.9. The van der Waals surface area contributed by atoms with E-state index < -0.39 is 0 Å². The van der Waals surface area contributed by atoms with Gasteiger partial charge >= 0.3 is 0 Å². The van der Waals surface area contributed by atoms with Crippen molar-refractivity contribution in [3.63, 3.8) is 0 Å². The third-order valence-electron chi connectivity index (χ3n) is 3.22. The summed E-state index contributed by atoms with van der Waals surface area (Å²) < 4.78 is 0. The first-order valence-electron chi connectivity index (χ1n) is 5.94. The zero-order valence-corrected chi connectivity index (χ0v) is 10.7. The molecule has 3 heteroatoms. The van der Waals surface area contributed by atoms with Gasteiger partial charge in [-0.2, -0.15) is 0 Å². The van der Waals surface area contributed by atoms with Crippen molar-refractivity contribution in [2.24, 2.45) is 5.92 Å². The van der Waals surface area contributed by atoms with Crippen molar-refractivity contribution in [1.29, 1.82) is 0 Å². The smallest absolute Gasteiger partial charge is 0.0547 e. The Balaban J connectivity index is 1.95. The van der Waals surface area contributed by atoms with Crippen molar-refractivity contribution in [3.05, 3.63) is 29.6 Å². The van der Waals surface area contributed by atoms with E-state index in [1.807, 2.05) is 13.0 Å². The van der Waals surface area contributed by atoms with Crippen LogP contribution in [0.4, 0.5) is 0 Å². The van der Waals surface area contributed by atoms with Crippen LogP contribution >= 0.6 is 11.6 Å². The highest BCUT2D eigenvalue weighted by Crippen LogP contribution is 2.22. The number of aromatic nitrogens is 1. The number of nitrogens with zero attached hydrogens (tertiary/aromatic N) is 2. The topological polar surface area (TPSA) is 16.1 Å². The molecule has 2 rings (SSSR count). The molecule has 0 N–H and O–H groups in total. The number of alkyl halides is 1. The number of hydrogen-bond donors (Lipinski definition) is 0. The van der Waals surface area contributed by atoms with E-state index in [1.165, 1.54) is 5.69 Å². The van der Waals surface area contributed by atoms with E-state index in [9.17, 15) is 0 Å². The molecule has 0 aliphatic carbocycles. The van der Waals surface area contributed by atoms with Gasteiger partial charge in [0.05, 0.1) is 5.69 Å². The van der Waals surface area contributed by atoms with Crippen LogP contribution in [-0.2, 0) is 6.54 Å². The Labute approximate surface area is 103 Å². The molecule has 2 heterocycles. The van der Waals surface area contributed by atoms with Gasteiger partial charge in [0, 0.05) is 24.2 Å². The summed E-state index contributed by atoms with van der Waals surface area (Å²) in [4.78, 5) is 6.99. The van der Waals surface area contributed by atoms with E-state index in [1.54, 1.807) is 0 Å². The molecular weight excluding hydrogens is 220 g/mol. The molecule has 16 heavy (non-hydrogen) atoms. The van der Waals surface area contributed by atoms with Crippen molar-refractivity contribution in [1.82, 2.24) is 9.88 Å². The van der Waals surface area contributed by atoms with E-state index in [0.717, 1.165) is 31.7 Å². The van der Waals surface area contributed by atoms with Gasteiger partial charge in [0.1, 0.15) is 0 Å². The standard InChI is InChI=1S/C13H19ClN2/c1-10-8-16(7-6-13(10)14)9-12-5-3-4-11(2)15-12/h3-5,10,13H,6-9H2,1-2H3. The number of piperidine rings is 1. The van der Waals surface area contributed by atoms with Crippen molar-refractivity contribution < 1.29 is 0 Å². The Bertz CT molecular complexity index is 354. The summed E-state index contributed by atoms with van der Waals surface area (Å²) >= 11 is 6.22. The Morgan fingerprint density at radius 1 is 1.50 bits per heavy atom. The highest BCUT2D eigenvalue weighted by Gasteiger charge is 2.24. The third kappa shape index (κ3) is 2.96. The molecule has 0 spiro atoms. The summed E-state index contributed by atoms with van der Waals surface area (Å²) in [5.41, 5.74) is 2.26. The number of likely N-dealkylation sites (tertiary alicyclic amines) is 1. The summed E-state index contributed by atoms with van der Waals surface area (Å²) in [5.74, 6) is 0.584. The van der Waals surface area contributed by atoms with Gasteiger partial charge in [-0.3, -0.25) is 9.88 Å². The van der Waals surface area contributed by atoms with Crippen molar-refractivity contribution in [3.8, 4) is 0 Å². The molecule has 2 unspecified atom stereocenters. The molecular formula is C13H19ClN2. The molecule has 1 fully saturated rings. The lowest BCUT2D eigenvalue weighted by Gasteiger charge is -2.33. The van der Waals surface area contributed by atoms with Crippen LogP contribution in [-0.4, -0.2) is 28.4 Å². The highest BCUT2D eigenvalue weighted by atomic mass is 35.5. The Hall–Kier alpha value is -0.600. The minimum atomic E-state index is 0.349. The van der Waals surface area contributed by atoms with Crippen LogP contribution in [0.5, 0.6) is 0 Å². The fourth-order valence-electron chi connectivity index (χ4n) is 2.26. The van der Waals surface area contributed by atoms with E-state index in [0.29, 0.717) is 11.3 Å². The number of halogens is 1. The molecule has 0 bridgehead atoms. The lowest BCUT2D eigenvalue weighted by Crippen LogP contribution is -2.39. The second-order valence-corrected chi connectivity index (χ2v) is 5.35. The van der Waals surface area contributed by atoms with Gasteiger partial charge < -0.3 is 0 Å². The molecule has 1 aliphatic rings. The van der Waals surface area contributed by atoms with Crippen LogP contribution in [0.3, 0.4) is 0 Å². The fourth-order valence-corrected chi connectivity index (χ4v) is 2.44. The number of pyridine rings is 1. The summed E-state index contributed by atoms with van der Waals surface area (Å²) in [6.07, 6.45) is 1.09. The molecule has 2 nitrogen and oxygen atoms in total. The predicted octanol–water partition coefficient (Wildman–Crippen LogP) is 2.84. The van der Waals surface area contributed by atoms with Crippen LogP contribution in [0.1, 0.15) is 24.7 Å². The quantitative estimate of drug-likeness (QED) is 0.737. The van der Waals surface area contributed by atoms with Crippen molar-refractivity contribution in [2.75, 3.05) is 13.1 Å². The molecule has 0 aromatic carbocycles. The van der Waals surface area contributed by atoms with Gasteiger partial charge in [0.2, 0.25) is 0 Å². The zero-order chi connectivity index (χ0) is 11.5. The fraction of sp³-hybridized carbons (Fsp3) is 0.615. The molecule has 88 valence electrons. The molecule has 2 atom stereocenters. The minimum Gasteiger partial charge on any atom is -0.297 e. The first-order valence-corrected chi connectivity index (χ1v) is 6.38. The maximum absolute atomic E-state index is 6.22. The monoisotopic (exact) mass is 238 g/mol. The Morgan fingerprint density at radius 3 is 3.00 bits per heavy atom. The Morgan fingerprint density at radius 2 is 2.31 bits per heavy atom. The summed E-state index contributed by atoms with van der Waals surface area (Å²) in [6, 6.07) is 6.22. The molecule has 1 aliphatic heterocycles. The van der Waals surface area contributed by atoms with Gasteiger partial charge in [0.15, 0.2) is 0 Å². The third-order valence-corrected chi connectivity index (χ3v) is 3.86. The SMILES string of the molecule is Cc1cccc(CN2CCC(Cl)C(C)C2)n1. The van der Waals surface area contributed by atoms with Crippen LogP contribution in [0, 0.1) is 12.8 Å². The molecule has 0 saturated carbocycles. The van der Waals surface area contributed by atoms with Crippen molar-refractivity contribution >= 4 is 11.6 Å². The minimum absolute atomic E-state index is 0.349. The van der Waals surface area contributed by atoms with Gasteiger partial charge in [0.25, 0.3) is 0 Å². The van der Waals surface area contributed by atoms with Gasteiger partial charge in [-0.15, -0.1) is 11.6 Å². The van der Waals surface area contributed by atoms with E-state index in [-0.39, 0.29) is 0 Å². The number of aryl methyl sites for hydroxylation is 1. The van der Waals surface area contributed by atoms with E-state index >= 15 is 0 Å². The highest BCUT2D eigenvalue weighted by molar-refractivity contribution is 6.20. The van der Waals surface area contributed by atoms with E-state index in [4.69, 9.17) is 11.6 Å². The first-order chi connectivity index (χ1) is 7.65. The maximum Gasteiger partial charge on any atom is 0.0547 e. The molecule has 0 radical (unpaired) electrons. The van der Waals surface area contributed by atoms with Gasteiger partial charge in [-0.1, -0.05) is 13.0 Å². The van der Waals surface area contributed by atoms with Gasteiger partial charge in [-0.25, -0.2) is 0 Å². The molecule has 1 saturated heterocycles. The average molecular weight is 239 g/mol. The molecule has 1 aromatic rings. The Kier molecular flexibility index (Phi) is 3.82.